The van der Waals surface area contributed by atoms with E-state index in [1.165, 1.54) is 24.3 Å². The van der Waals surface area contributed by atoms with Crippen LogP contribution in [-0.2, 0) is 16.4 Å². The molecule has 2 rings (SSSR count). The number of nitrogens with one attached hydrogen (secondary N) is 1. The average molecular weight is 287 g/mol. The molecule has 2 aromatic rings. The van der Waals surface area contributed by atoms with Crippen LogP contribution in [0.5, 0.6) is 0 Å². The predicted octanol–water partition coefficient (Wildman–Crippen LogP) is 1.47. The summed E-state index contributed by atoms with van der Waals surface area (Å²) < 4.78 is 26.6. The molecule has 1 aromatic carbocycles. The van der Waals surface area contributed by atoms with Crippen molar-refractivity contribution in [3.8, 4) is 6.07 Å². The molecule has 0 bridgehead atoms. The van der Waals surface area contributed by atoms with Gasteiger partial charge in [-0.05, 0) is 48.4 Å². The van der Waals surface area contributed by atoms with Crippen LogP contribution in [0.15, 0.2) is 53.7 Å². The zero-order valence-corrected chi connectivity index (χ0v) is 11.5. The molecule has 20 heavy (non-hydrogen) atoms. The van der Waals surface area contributed by atoms with Crippen LogP contribution < -0.4 is 4.72 Å². The number of hydrogen-bond acceptors (Lipinski definition) is 4. The summed E-state index contributed by atoms with van der Waals surface area (Å²) in [6, 6.07) is 11.5. The highest BCUT2D eigenvalue weighted by atomic mass is 32.2. The average Bonchev–Trinajstić information content (AvgIpc) is 2.48. The van der Waals surface area contributed by atoms with Crippen LogP contribution in [0, 0.1) is 11.3 Å². The number of aromatic nitrogens is 1. The lowest BCUT2D eigenvalue weighted by atomic mass is 10.2. The number of rotatable bonds is 5. The Balaban J connectivity index is 1.99. The maximum atomic E-state index is 12.0. The molecule has 0 aliphatic heterocycles. The smallest absolute Gasteiger partial charge is 0.240 e. The fraction of sp³-hybridized carbons (Fsp3) is 0.143. The van der Waals surface area contributed by atoms with Crippen molar-refractivity contribution in [1.29, 1.82) is 5.26 Å². The maximum absolute atomic E-state index is 12.0. The van der Waals surface area contributed by atoms with Crippen LogP contribution in [0.4, 0.5) is 0 Å². The monoisotopic (exact) mass is 287 g/mol. The van der Waals surface area contributed by atoms with Gasteiger partial charge in [0.1, 0.15) is 0 Å². The molecule has 1 N–H and O–H groups in total. The Labute approximate surface area is 118 Å². The van der Waals surface area contributed by atoms with E-state index < -0.39 is 10.0 Å². The first-order valence-corrected chi connectivity index (χ1v) is 7.49. The van der Waals surface area contributed by atoms with Gasteiger partial charge in [0.2, 0.25) is 10.0 Å². The molecule has 102 valence electrons. The van der Waals surface area contributed by atoms with Crippen molar-refractivity contribution in [1.82, 2.24) is 9.71 Å². The molecule has 0 unspecified atom stereocenters. The van der Waals surface area contributed by atoms with E-state index >= 15 is 0 Å². The van der Waals surface area contributed by atoms with Gasteiger partial charge in [-0.1, -0.05) is 0 Å². The first-order chi connectivity index (χ1) is 9.62. The summed E-state index contributed by atoms with van der Waals surface area (Å²) >= 11 is 0. The lowest BCUT2D eigenvalue weighted by Crippen LogP contribution is -2.26. The fourth-order valence-corrected chi connectivity index (χ4v) is 2.70. The second-order valence-electron chi connectivity index (χ2n) is 4.14. The molecule has 0 saturated heterocycles. The van der Waals surface area contributed by atoms with Gasteiger partial charge < -0.3 is 0 Å². The van der Waals surface area contributed by atoms with Crippen molar-refractivity contribution in [3.63, 3.8) is 0 Å². The van der Waals surface area contributed by atoms with Gasteiger partial charge in [0.05, 0.1) is 16.5 Å². The van der Waals surface area contributed by atoms with Crippen molar-refractivity contribution in [3.05, 3.63) is 59.9 Å². The summed E-state index contributed by atoms with van der Waals surface area (Å²) in [6.07, 6.45) is 3.94. The second-order valence-corrected chi connectivity index (χ2v) is 5.91. The van der Waals surface area contributed by atoms with Crippen LogP contribution in [0.1, 0.15) is 11.1 Å². The van der Waals surface area contributed by atoms with E-state index in [1.54, 1.807) is 12.4 Å². The summed E-state index contributed by atoms with van der Waals surface area (Å²) in [5, 5.41) is 8.68. The van der Waals surface area contributed by atoms with Crippen LogP contribution >= 0.6 is 0 Å². The quantitative estimate of drug-likeness (QED) is 0.902. The highest BCUT2D eigenvalue weighted by Gasteiger charge is 2.12. The minimum atomic E-state index is -3.53. The van der Waals surface area contributed by atoms with E-state index in [0.29, 0.717) is 18.5 Å². The van der Waals surface area contributed by atoms with Gasteiger partial charge in [0, 0.05) is 18.9 Å². The number of nitrogens with zero attached hydrogens (tertiary/aromatic N) is 2. The van der Waals surface area contributed by atoms with Crippen molar-refractivity contribution >= 4 is 10.0 Å². The van der Waals surface area contributed by atoms with Crippen LogP contribution in [0.3, 0.4) is 0 Å². The van der Waals surface area contributed by atoms with Crippen LogP contribution in [0.2, 0.25) is 0 Å². The molecule has 1 heterocycles. The molecule has 0 aliphatic carbocycles. The van der Waals surface area contributed by atoms with Crippen molar-refractivity contribution in [2.24, 2.45) is 0 Å². The summed E-state index contributed by atoms with van der Waals surface area (Å²) in [7, 11) is -3.53. The molecule has 6 heteroatoms. The Hall–Kier alpha value is -2.23. The Morgan fingerprint density at radius 1 is 1.10 bits per heavy atom. The van der Waals surface area contributed by atoms with E-state index in [9.17, 15) is 8.42 Å². The highest BCUT2D eigenvalue weighted by Crippen LogP contribution is 2.10. The molecular weight excluding hydrogens is 274 g/mol. The molecule has 0 atom stereocenters. The highest BCUT2D eigenvalue weighted by molar-refractivity contribution is 7.89. The number of benzene rings is 1. The SMILES string of the molecule is N#Cc1ccc(S(=O)(=O)NCCc2ccncc2)cc1. The van der Waals surface area contributed by atoms with E-state index in [4.69, 9.17) is 5.26 Å². The minimum Gasteiger partial charge on any atom is -0.265 e. The normalized spacial score (nSPS) is 10.9. The molecule has 0 saturated carbocycles. The topological polar surface area (TPSA) is 82.8 Å². The van der Waals surface area contributed by atoms with Gasteiger partial charge in [-0.2, -0.15) is 5.26 Å². The van der Waals surface area contributed by atoms with Gasteiger partial charge in [-0.3, -0.25) is 4.98 Å². The zero-order valence-electron chi connectivity index (χ0n) is 10.7. The first-order valence-electron chi connectivity index (χ1n) is 6.00. The summed E-state index contributed by atoms with van der Waals surface area (Å²) in [5.74, 6) is 0. The van der Waals surface area contributed by atoms with Crippen LogP contribution in [-0.4, -0.2) is 19.9 Å². The fourth-order valence-electron chi connectivity index (χ4n) is 1.67. The molecular formula is C14H13N3O2S. The summed E-state index contributed by atoms with van der Waals surface area (Å²) in [4.78, 5) is 4.06. The van der Waals surface area contributed by atoms with E-state index in [2.05, 4.69) is 9.71 Å². The number of pyridine rings is 1. The number of sulfonamides is 1. The molecule has 0 aliphatic rings. The zero-order chi connectivity index (χ0) is 14.4. The lowest BCUT2D eigenvalue weighted by Gasteiger charge is -2.06. The van der Waals surface area contributed by atoms with Crippen molar-refractivity contribution in [2.75, 3.05) is 6.54 Å². The van der Waals surface area contributed by atoms with Gasteiger partial charge >= 0.3 is 0 Å². The first kappa shape index (κ1) is 14.2. The lowest BCUT2D eigenvalue weighted by molar-refractivity contribution is 0.581. The van der Waals surface area contributed by atoms with Gasteiger partial charge in [0.25, 0.3) is 0 Å². The molecule has 0 spiro atoms. The standard InChI is InChI=1S/C14H13N3O2S/c15-11-13-1-3-14(4-2-13)20(18,19)17-10-7-12-5-8-16-9-6-12/h1-6,8-9,17H,7,10H2. The van der Waals surface area contributed by atoms with E-state index in [0.717, 1.165) is 5.56 Å². The molecule has 0 amide bonds. The summed E-state index contributed by atoms with van der Waals surface area (Å²) in [6.45, 7) is 0.312. The Bertz CT molecular complexity index is 704. The molecule has 0 radical (unpaired) electrons. The van der Waals surface area contributed by atoms with Gasteiger partial charge in [-0.25, -0.2) is 13.1 Å². The Morgan fingerprint density at radius 2 is 1.75 bits per heavy atom. The number of hydrogen-bond donors (Lipinski definition) is 1. The third-order valence-electron chi connectivity index (χ3n) is 2.75. The largest absolute Gasteiger partial charge is 0.265 e. The van der Waals surface area contributed by atoms with E-state index in [1.807, 2.05) is 18.2 Å². The summed E-state index contributed by atoms with van der Waals surface area (Å²) in [5.41, 5.74) is 1.45. The van der Waals surface area contributed by atoms with Gasteiger partial charge in [0.15, 0.2) is 0 Å². The molecule has 5 nitrogen and oxygen atoms in total. The second kappa shape index (κ2) is 6.28. The van der Waals surface area contributed by atoms with Crippen LogP contribution in [0.25, 0.3) is 0 Å². The predicted molar refractivity (Wildman–Crippen MR) is 74.3 cm³/mol. The van der Waals surface area contributed by atoms with E-state index in [-0.39, 0.29) is 4.90 Å². The van der Waals surface area contributed by atoms with Crippen molar-refractivity contribution in [2.45, 2.75) is 11.3 Å². The molecule has 0 fully saturated rings. The third-order valence-corrected chi connectivity index (χ3v) is 4.23. The minimum absolute atomic E-state index is 0.159. The maximum Gasteiger partial charge on any atom is 0.240 e. The van der Waals surface area contributed by atoms with Crippen molar-refractivity contribution < 1.29 is 8.42 Å². The number of nitriles is 1. The van der Waals surface area contributed by atoms with Gasteiger partial charge in [-0.15, -0.1) is 0 Å². The molecule has 1 aromatic heterocycles. The Morgan fingerprint density at radius 3 is 2.35 bits per heavy atom. The third kappa shape index (κ3) is 3.63. The Kier molecular flexibility index (Phi) is 4.45.